The summed E-state index contributed by atoms with van der Waals surface area (Å²) in [5.41, 5.74) is 1.26. The van der Waals surface area contributed by atoms with E-state index in [1.54, 1.807) is 30.3 Å². The summed E-state index contributed by atoms with van der Waals surface area (Å²) in [7, 11) is 1.57. The third-order valence-corrected chi connectivity index (χ3v) is 4.59. The lowest BCUT2D eigenvalue weighted by Gasteiger charge is -2.34. The smallest absolute Gasteiger partial charge is 0.238 e. The first-order chi connectivity index (χ1) is 13.5. The van der Waals surface area contributed by atoms with Crippen molar-refractivity contribution in [1.82, 2.24) is 14.8 Å². The molecule has 1 aliphatic heterocycles. The molecular formula is C20H23FN4O3. The molecule has 0 aliphatic carbocycles. The van der Waals surface area contributed by atoms with Crippen LogP contribution in [0.25, 0.3) is 0 Å². The van der Waals surface area contributed by atoms with Crippen molar-refractivity contribution >= 4 is 17.5 Å². The van der Waals surface area contributed by atoms with Crippen LogP contribution in [0.5, 0.6) is 5.75 Å². The maximum absolute atomic E-state index is 12.9. The molecular weight excluding hydrogens is 363 g/mol. The molecule has 0 radical (unpaired) electrons. The Labute approximate surface area is 163 Å². The second kappa shape index (κ2) is 9.27. The molecule has 148 valence electrons. The van der Waals surface area contributed by atoms with E-state index in [1.165, 1.54) is 24.3 Å². The fraction of sp³-hybridized carbons (Fsp3) is 0.350. The van der Waals surface area contributed by atoms with Crippen LogP contribution in [0, 0.1) is 5.82 Å². The highest BCUT2D eigenvalue weighted by molar-refractivity contribution is 5.92. The van der Waals surface area contributed by atoms with Gasteiger partial charge >= 0.3 is 0 Å². The van der Waals surface area contributed by atoms with Gasteiger partial charge in [-0.3, -0.25) is 19.5 Å². The molecule has 0 bridgehead atoms. The number of methoxy groups -OCH3 is 1. The van der Waals surface area contributed by atoms with E-state index in [2.05, 4.69) is 10.3 Å². The van der Waals surface area contributed by atoms with Gasteiger partial charge in [0, 0.05) is 37.6 Å². The number of hydrogen-bond donors (Lipinski definition) is 1. The number of ether oxygens (including phenoxy) is 1. The number of halogens is 1. The first-order valence-corrected chi connectivity index (χ1v) is 9.08. The molecule has 1 aromatic heterocycles. The van der Waals surface area contributed by atoms with Gasteiger partial charge in [-0.25, -0.2) is 4.39 Å². The number of anilines is 1. The highest BCUT2D eigenvalue weighted by Gasteiger charge is 2.22. The van der Waals surface area contributed by atoms with Crippen LogP contribution in [0.4, 0.5) is 10.1 Å². The first kappa shape index (κ1) is 19.8. The molecule has 3 rings (SSSR count). The third-order valence-electron chi connectivity index (χ3n) is 4.59. The Morgan fingerprint density at radius 1 is 1.11 bits per heavy atom. The molecule has 2 amide bonds. The summed E-state index contributed by atoms with van der Waals surface area (Å²) in [4.78, 5) is 32.6. The van der Waals surface area contributed by atoms with Crippen LogP contribution in [0.3, 0.4) is 0 Å². The van der Waals surface area contributed by atoms with E-state index in [-0.39, 0.29) is 30.6 Å². The molecule has 1 saturated heterocycles. The normalized spacial score (nSPS) is 14.6. The summed E-state index contributed by atoms with van der Waals surface area (Å²) in [6.07, 6.45) is 1.84. The number of aromatic nitrogens is 1. The van der Waals surface area contributed by atoms with Crippen molar-refractivity contribution in [2.45, 2.75) is 6.42 Å². The summed E-state index contributed by atoms with van der Waals surface area (Å²) in [6.45, 7) is 2.62. The number of nitrogens with zero attached hydrogens (tertiary/aromatic N) is 3. The fourth-order valence-corrected chi connectivity index (χ4v) is 3.00. The lowest BCUT2D eigenvalue weighted by molar-refractivity contribution is -0.132. The third kappa shape index (κ3) is 5.50. The Hall–Kier alpha value is -3.00. The molecule has 0 spiro atoms. The van der Waals surface area contributed by atoms with E-state index in [4.69, 9.17) is 4.74 Å². The number of amides is 2. The fourth-order valence-electron chi connectivity index (χ4n) is 3.00. The summed E-state index contributed by atoms with van der Waals surface area (Å²) >= 11 is 0. The second-order valence-electron chi connectivity index (χ2n) is 6.58. The minimum absolute atomic E-state index is 0.0214. The largest absolute Gasteiger partial charge is 0.495 e. The minimum Gasteiger partial charge on any atom is -0.495 e. The van der Waals surface area contributed by atoms with Crippen LogP contribution in [-0.2, 0) is 16.0 Å². The van der Waals surface area contributed by atoms with Crippen LogP contribution >= 0.6 is 0 Å². The van der Waals surface area contributed by atoms with Crippen LogP contribution in [0.1, 0.15) is 5.69 Å². The zero-order valence-electron chi connectivity index (χ0n) is 15.7. The van der Waals surface area contributed by atoms with Crippen molar-refractivity contribution in [2.75, 3.05) is 45.2 Å². The molecule has 2 heterocycles. The molecule has 1 fully saturated rings. The highest BCUT2D eigenvalue weighted by Crippen LogP contribution is 2.11. The van der Waals surface area contributed by atoms with E-state index in [9.17, 15) is 14.0 Å². The number of pyridine rings is 1. The van der Waals surface area contributed by atoms with Crippen molar-refractivity contribution in [3.63, 3.8) is 0 Å². The predicted octanol–water partition coefficient (Wildman–Crippen LogP) is 1.55. The van der Waals surface area contributed by atoms with E-state index in [0.717, 1.165) is 0 Å². The molecule has 0 unspecified atom stereocenters. The van der Waals surface area contributed by atoms with Crippen molar-refractivity contribution in [2.24, 2.45) is 0 Å². The molecule has 0 saturated carbocycles. The summed E-state index contributed by atoms with van der Waals surface area (Å²) in [5.74, 6) is 0.175. The van der Waals surface area contributed by atoms with Crippen molar-refractivity contribution < 1.29 is 18.7 Å². The SMILES string of the molecule is COc1ccc(CC(=O)N2CCN(CC(=O)Nc3ccc(F)cc3)CC2)nc1. The van der Waals surface area contributed by atoms with Gasteiger partial charge in [0.25, 0.3) is 0 Å². The number of carbonyl (C=O) groups is 2. The predicted molar refractivity (Wildman–Crippen MR) is 103 cm³/mol. The number of rotatable bonds is 6. The Kier molecular flexibility index (Phi) is 6.54. The maximum Gasteiger partial charge on any atom is 0.238 e. The molecule has 7 nitrogen and oxygen atoms in total. The average Bonchev–Trinajstić information content (AvgIpc) is 2.71. The van der Waals surface area contributed by atoms with Gasteiger partial charge in [-0.1, -0.05) is 0 Å². The standard InChI is InChI=1S/C20H23FN4O3/c1-28-18-7-6-17(22-13-18)12-20(27)25-10-8-24(9-11-25)14-19(26)23-16-4-2-15(21)3-5-16/h2-7,13H,8-12,14H2,1H3,(H,23,26). The van der Waals surface area contributed by atoms with Crippen LogP contribution in [-0.4, -0.2) is 66.4 Å². The van der Waals surface area contributed by atoms with Crippen molar-refractivity contribution in [3.8, 4) is 5.75 Å². The van der Waals surface area contributed by atoms with Gasteiger partial charge in [0.15, 0.2) is 0 Å². The summed E-state index contributed by atoms with van der Waals surface area (Å²) < 4.78 is 18.0. The van der Waals surface area contributed by atoms with Crippen molar-refractivity contribution in [3.05, 3.63) is 54.1 Å². The minimum atomic E-state index is -0.344. The van der Waals surface area contributed by atoms with Crippen LogP contribution in [0.15, 0.2) is 42.6 Å². The zero-order valence-corrected chi connectivity index (χ0v) is 15.7. The van der Waals surface area contributed by atoms with Crippen LogP contribution < -0.4 is 10.1 Å². The Bertz CT molecular complexity index is 803. The van der Waals surface area contributed by atoms with Gasteiger partial charge < -0.3 is 15.0 Å². The second-order valence-corrected chi connectivity index (χ2v) is 6.58. The van der Waals surface area contributed by atoms with E-state index in [1.807, 2.05) is 4.90 Å². The molecule has 0 atom stereocenters. The maximum atomic E-state index is 12.9. The Morgan fingerprint density at radius 2 is 1.82 bits per heavy atom. The molecule has 8 heteroatoms. The lowest BCUT2D eigenvalue weighted by atomic mass is 10.2. The number of benzene rings is 1. The molecule has 2 aromatic rings. The monoisotopic (exact) mass is 386 g/mol. The molecule has 28 heavy (non-hydrogen) atoms. The van der Waals surface area contributed by atoms with Gasteiger partial charge in [-0.05, 0) is 36.4 Å². The Morgan fingerprint density at radius 3 is 2.43 bits per heavy atom. The van der Waals surface area contributed by atoms with E-state index in [0.29, 0.717) is 43.3 Å². The number of nitrogens with one attached hydrogen (secondary N) is 1. The number of carbonyl (C=O) groups excluding carboxylic acids is 2. The van der Waals surface area contributed by atoms with Gasteiger partial charge in [0.2, 0.25) is 11.8 Å². The van der Waals surface area contributed by atoms with Gasteiger partial charge in [-0.15, -0.1) is 0 Å². The highest BCUT2D eigenvalue weighted by atomic mass is 19.1. The van der Waals surface area contributed by atoms with Crippen LogP contribution in [0.2, 0.25) is 0 Å². The van der Waals surface area contributed by atoms with Crippen molar-refractivity contribution in [1.29, 1.82) is 0 Å². The van der Waals surface area contributed by atoms with Gasteiger partial charge in [0.1, 0.15) is 11.6 Å². The van der Waals surface area contributed by atoms with E-state index >= 15 is 0 Å². The lowest BCUT2D eigenvalue weighted by Crippen LogP contribution is -2.50. The molecule has 1 aliphatic rings. The number of piperazine rings is 1. The van der Waals surface area contributed by atoms with E-state index < -0.39 is 0 Å². The summed E-state index contributed by atoms with van der Waals surface area (Å²) in [6, 6.07) is 9.23. The summed E-state index contributed by atoms with van der Waals surface area (Å²) in [5, 5.41) is 2.75. The first-order valence-electron chi connectivity index (χ1n) is 9.08. The zero-order chi connectivity index (χ0) is 19.9. The van der Waals surface area contributed by atoms with Gasteiger partial charge in [0.05, 0.1) is 26.3 Å². The average molecular weight is 386 g/mol. The molecule has 1 aromatic carbocycles. The van der Waals surface area contributed by atoms with Gasteiger partial charge in [-0.2, -0.15) is 0 Å². The quantitative estimate of drug-likeness (QED) is 0.816. The number of hydrogen-bond acceptors (Lipinski definition) is 5. The Balaban J connectivity index is 1.42. The topological polar surface area (TPSA) is 74.8 Å². The molecule has 1 N–H and O–H groups in total.